The molecule has 0 N–H and O–H groups in total. The zero-order valence-electron chi connectivity index (χ0n) is 13.2. The molecule has 0 radical (unpaired) electrons. The van der Waals surface area contributed by atoms with E-state index in [9.17, 15) is 4.39 Å². The lowest BCUT2D eigenvalue weighted by Crippen LogP contribution is -2.36. The van der Waals surface area contributed by atoms with Crippen LogP contribution in [0.2, 0.25) is 0 Å². The maximum Gasteiger partial charge on any atom is 0.126 e. The van der Waals surface area contributed by atoms with E-state index in [1.54, 1.807) is 12.1 Å². The minimum atomic E-state index is -0.0565. The molecule has 0 saturated carbocycles. The van der Waals surface area contributed by atoms with E-state index in [-0.39, 0.29) is 5.82 Å². The highest BCUT2D eigenvalue weighted by Crippen LogP contribution is 2.22. The number of rotatable bonds is 5. The van der Waals surface area contributed by atoms with Gasteiger partial charge in [-0.15, -0.1) is 0 Å². The predicted octanol–water partition coefficient (Wildman–Crippen LogP) is 3.29. The summed E-state index contributed by atoms with van der Waals surface area (Å²) in [6.45, 7) is 6.24. The SMILES string of the molecule is Cc1ccn(CCN2CCC(Cc3ccccc3F)CC2)n1. The number of benzene rings is 1. The van der Waals surface area contributed by atoms with Gasteiger partial charge in [0.15, 0.2) is 0 Å². The molecule has 0 spiro atoms. The smallest absolute Gasteiger partial charge is 0.126 e. The Kier molecular flexibility index (Phi) is 4.88. The molecule has 2 heterocycles. The summed E-state index contributed by atoms with van der Waals surface area (Å²) >= 11 is 0. The average Bonchev–Trinajstić information content (AvgIpc) is 2.94. The molecule has 2 aromatic rings. The van der Waals surface area contributed by atoms with Gasteiger partial charge in [-0.3, -0.25) is 4.68 Å². The van der Waals surface area contributed by atoms with Crippen LogP contribution in [0.1, 0.15) is 24.1 Å². The number of hydrogen-bond donors (Lipinski definition) is 0. The number of likely N-dealkylation sites (tertiary alicyclic amines) is 1. The zero-order valence-corrected chi connectivity index (χ0v) is 13.2. The van der Waals surface area contributed by atoms with Crippen LogP contribution >= 0.6 is 0 Å². The molecule has 0 aliphatic carbocycles. The predicted molar refractivity (Wildman–Crippen MR) is 86.2 cm³/mol. The fourth-order valence-corrected chi connectivity index (χ4v) is 3.22. The lowest BCUT2D eigenvalue weighted by molar-refractivity contribution is 0.176. The van der Waals surface area contributed by atoms with Gasteiger partial charge in [-0.25, -0.2) is 4.39 Å². The van der Waals surface area contributed by atoms with Crippen molar-refractivity contribution in [3.63, 3.8) is 0 Å². The second kappa shape index (κ2) is 7.05. The molecule has 118 valence electrons. The molecule has 1 aliphatic rings. The van der Waals surface area contributed by atoms with E-state index >= 15 is 0 Å². The van der Waals surface area contributed by atoms with Gasteiger partial charge < -0.3 is 4.90 Å². The molecule has 0 atom stereocenters. The summed E-state index contributed by atoms with van der Waals surface area (Å²) in [7, 11) is 0. The second-order valence-electron chi connectivity index (χ2n) is 6.30. The fraction of sp³-hybridized carbons (Fsp3) is 0.500. The van der Waals surface area contributed by atoms with Gasteiger partial charge in [0.2, 0.25) is 0 Å². The van der Waals surface area contributed by atoms with Gasteiger partial charge in [-0.2, -0.15) is 5.10 Å². The van der Waals surface area contributed by atoms with Crippen molar-refractivity contribution in [1.82, 2.24) is 14.7 Å². The molecule has 1 fully saturated rings. The molecule has 1 aromatic carbocycles. The van der Waals surface area contributed by atoms with Crippen molar-refractivity contribution < 1.29 is 4.39 Å². The molecule has 3 nitrogen and oxygen atoms in total. The Morgan fingerprint density at radius 3 is 2.59 bits per heavy atom. The molecule has 0 amide bonds. The third-order valence-corrected chi connectivity index (χ3v) is 4.59. The van der Waals surface area contributed by atoms with E-state index in [0.717, 1.165) is 56.7 Å². The quantitative estimate of drug-likeness (QED) is 0.845. The fourth-order valence-electron chi connectivity index (χ4n) is 3.22. The van der Waals surface area contributed by atoms with Crippen molar-refractivity contribution in [2.24, 2.45) is 5.92 Å². The van der Waals surface area contributed by atoms with Crippen molar-refractivity contribution in [3.8, 4) is 0 Å². The van der Waals surface area contributed by atoms with E-state index in [1.807, 2.05) is 36.0 Å². The van der Waals surface area contributed by atoms with Crippen LogP contribution in [0.5, 0.6) is 0 Å². The molecule has 0 unspecified atom stereocenters. The Bertz CT molecular complexity index is 600. The molecular formula is C18H24FN3. The minimum absolute atomic E-state index is 0.0565. The molecule has 1 aliphatic heterocycles. The van der Waals surface area contributed by atoms with Crippen molar-refractivity contribution in [2.75, 3.05) is 19.6 Å². The second-order valence-corrected chi connectivity index (χ2v) is 6.30. The standard InChI is InChI=1S/C18H24FN3/c1-15-6-11-22(20-15)13-12-21-9-7-16(8-10-21)14-17-4-2-3-5-18(17)19/h2-6,11,16H,7-10,12-14H2,1H3. The topological polar surface area (TPSA) is 21.1 Å². The van der Waals surface area contributed by atoms with E-state index in [2.05, 4.69) is 10.00 Å². The molecule has 4 heteroatoms. The number of hydrogen-bond acceptors (Lipinski definition) is 2. The third kappa shape index (κ3) is 3.95. The van der Waals surface area contributed by atoms with Crippen molar-refractivity contribution >= 4 is 0 Å². The summed E-state index contributed by atoms with van der Waals surface area (Å²) in [6, 6.07) is 9.22. The summed E-state index contributed by atoms with van der Waals surface area (Å²) in [5.41, 5.74) is 1.94. The van der Waals surface area contributed by atoms with Gasteiger partial charge in [0.25, 0.3) is 0 Å². The number of piperidine rings is 1. The maximum atomic E-state index is 13.7. The van der Waals surface area contributed by atoms with Crippen LogP contribution in [0, 0.1) is 18.7 Å². The van der Waals surface area contributed by atoms with Gasteiger partial charge in [0.1, 0.15) is 5.82 Å². The Morgan fingerprint density at radius 1 is 1.14 bits per heavy atom. The zero-order chi connectivity index (χ0) is 15.4. The van der Waals surface area contributed by atoms with Gasteiger partial charge in [-0.1, -0.05) is 18.2 Å². The lowest BCUT2D eigenvalue weighted by atomic mass is 9.90. The Labute approximate surface area is 131 Å². The number of aryl methyl sites for hydroxylation is 1. The lowest BCUT2D eigenvalue weighted by Gasteiger charge is -2.32. The molecule has 3 rings (SSSR count). The van der Waals surface area contributed by atoms with Crippen LogP contribution in [-0.2, 0) is 13.0 Å². The summed E-state index contributed by atoms with van der Waals surface area (Å²) in [5.74, 6) is 0.555. The van der Waals surface area contributed by atoms with Gasteiger partial charge in [0, 0.05) is 12.7 Å². The third-order valence-electron chi connectivity index (χ3n) is 4.59. The first-order valence-electron chi connectivity index (χ1n) is 8.16. The van der Waals surface area contributed by atoms with Crippen LogP contribution in [0.25, 0.3) is 0 Å². The Balaban J connectivity index is 1.43. The summed E-state index contributed by atoms with van der Waals surface area (Å²) in [4.78, 5) is 2.49. The van der Waals surface area contributed by atoms with Crippen molar-refractivity contribution in [3.05, 3.63) is 53.6 Å². The van der Waals surface area contributed by atoms with Crippen LogP contribution in [0.15, 0.2) is 36.5 Å². The van der Waals surface area contributed by atoms with Crippen LogP contribution in [0.3, 0.4) is 0 Å². The molecule has 0 bridgehead atoms. The average molecular weight is 301 g/mol. The van der Waals surface area contributed by atoms with Crippen LogP contribution in [0.4, 0.5) is 4.39 Å². The Hall–Kier alpha value is -1.68. The maximum absolute atomic E-state index is 13.7. The highest BCUT2D eigenvalue weighted by molar-refractivity contribution is 5.17. The summed E-state index contributed by atoms with van der Waals surface area (Å²) in [5, 5.41) is 4.42. The number of aromatic nitrogens is 2. The number of nitrogens with zero attached hydrogens (tertiary/aromatic N) is 3. The minimum Gasteiger partial charge on any atom is -0.301 e. The van der Waals surface area contributed by atoms with Crippen molar-refractivity contribution in [2.45, 2.75) is 32.7 Å². The molecule has 1 saturated heterocycles. The van der Waals surface area contributed by atoms with E-state index < -0.39 is 0 Å². The summed E-state index contributed by atoms with van der Waals surface area (Å²) in [6.07, 6.45) is 5.23. The van der Waals surface area contributed by atoms with Gasteiger partial charge >= 0.3 is 0 Å². The van der Waals surface area contributed by atoms with Gasteiger partial charge in [0.05, 0.1) is 12.2 Å². The van der Waals surface area contributed by atoms with E-state index in [0.29, 0.717) is 5.92 Å². The summed E-state index contributed by atoms with van der Waals surface area (Å²) < 4.78 is 15.7. The van der Waals surface area contributed by atoms with Crippen LogP contribution in [-0.4, -0.2) is 34.3 Å². The van der Waals surface area contributed by atoms with Crippen LogP contribution < -0.4 is 0 Å². The molecule has 22 heavy (non-hydrogen) atoms. The van der Waals surface area contributed by atoms with Gasteiger partial charge in [-0.05, 0) is 62.9 Å². The Morgan fingerprint density at radius 2 is 1.91 bits per heavy atom. The largest absolute Gasteiger partial charge is 0.301 e. The first-order chi connectivity index (χ1) is 10.7. The molecule has 1 aromatic heterocycles. The first-order valence-corrected chi connectivity index (χ1v) is 8.16. The normalized spacial score (nSPS) is 17.0. The van der Waals surface area contributed by atoms with E-state index in [4.69, 9.17) is 0 Å². The first kappa shape index (κ1) is 15.2. The highest BCUT2D eigenvalue weighted by atomic mass is 19.1. The highest BCUT2D eigenvalue weighted by Gasteiger charge is 2.20. The van der Waals surface area contributed by atoms with E-state index in [1.165, 1.54) is 0 Å². The number of halogens is 1. The molecular weight excluding hydrogens is 277 g/mol. The monoisotopic (exact) mass is 301 g/mol. The van der Waals surface area contributed by atoms with Crippen molar-refractivity contribution in [1.29, 1.82) is 0 Å².